The lowest BCUT2D eigenvalue weighted by Gasteiger charge is -2.08. The van der Waals surface area contributed by atoms with Gasteiger partial charge in [0.05, 0.1) is 0 Å². The molecule has 19 heavy (non-hydrogen) atoms. The smallest absolute Gasteiger partial charge is 0.315 e. The number of rotatable bonds is 1. The maximum Gasteiger partial charge on any atom is 0.315 e. The topological polar surface area (TPSA) is 57.5 Å². The van der Waals surface area contributed by atoms with Gasteiger partial charge in [-0.15, -0.1) is 0 Å². The molecule has 3 rings (SSSR count). The van der Waals surface area contributed by atoms with E-state index in [1.807, 2.05) is 30.1 Å². The van der Waals surface area contributed by atoms with Crippen LogP contribution in [0.15, 0.2) is 42.5 Å². The highest BCUT2D eigenvalue weighted by Gasteiger charge is 2.35. The number of hydrogen-bond acceptors (Lipinski definition) is 2. The van der Waals surface area contributed by atoms with Crippen LogP contribution < -0.4 is 0 Å². The number of carboxylic acid groups (broad SMARTS) is 1. The molecule has 0 radical (unpaired) electrons. The summed E-state index contributed by atoms with van der Waals surface area (Å²) in [7, 11) is 0. The van der Waals surface area contributed by atoms with Crippen molar-refractivity contribution in [2.24, 2.45) is 0 Å². The number of benzene rings is 2. The van der Waals surface area contributed by atoms with Crippen LogP contribution in [0.1, 0.15) is 17.0 Å². The Morgan fingerprint density at radius 3 is 2.37 bits per heavy atom. The van der Waals surface area contributed by atoms with Crippen LogP contribution >= 0.6 is 15.9 Å². The summed E-state index contributed by atoms with van der Waals surface area (Å²) in [6.45, 7) is 0. The van der Waals surface area contributed by atoms with E-state index in [-0.39, 0.29) is 5.75 Å². The van der Waals surface area contributed by atoms with E-state index in [9.17, 15) is 15.0 Å². The molecule has 0 bridgehead atoms. The Bertz CT molecular complexity index is 623. The highest BCUT2D eigenvalue weighted by atomic mass is 79.9. The van der Waals surface area contributed by atoms with Crippen molar-refractivity contribution in [2.75, 3.05) is 5.83 Å². The maximum atomic E-state index is 11.4. The average Bonchev–Trinajstić information content (AvgIpc) is 2.77. The van der Waals surface area contributed by atoms with E-state index in [1.165, 1.54) is 6.07 Å². The van der Waals surface area contributed by atoms with Gasteiger partial charge in [-0.05, 0) is 28.6 Å². The Labute approximate surface area is 119 Å². The first-order chi connectivity index (χ1) is 9.20. The van der Waals surface area contributed by atoms with Gasteiger partial charge in [0, 0.05) is 5.56 Å². The first-order valence-electron chi connectivity index (χ1n) is 5.72. The third-order valence-corrected chi connectivity index (χ3v) is 3.18. The standard InChI is InChI=1S/C14H10O3.CH3Br/c15-11-7-3-6-9-8-4-1-2-5-10(8)13(12(9)11)14(16)17;1-2/h1-7,13,15H,(H,16,17);1H3. The second kappa shape index (κ2) is 5.45. The second-order valence-electron chi connectivity index (χ2n) is 4.10. The molecule has 1 aliphatic rings. The van der Waals surface area contributed by atoms with Crippen molar-refractivity contribution in [3.05, 3.63) is 53.6 Å². The quantitative estimate of drug-likeness (QED) is 0.789. The fraction of sp³-hybridized carbons (Fsp3) is 0.133. The summed E-state index contributed by atoms with van der Waals surface area (Å²) < 4.78 is 0. The molecule has 0 saturated carbocycles. The highest BCUT2D eigenvalue weighted by molar-refractivity contribution is 9.08. The van der Waals surface area contributed by atoms with E-state index in [0.29, 0.717) is 5.56 Å². The summed E-state index contributed by atoms with van der Waals surface area (Å²) in [5.74, 6) is 0.165. The van der Waals surface area contributed by atoms with Crippen LogP contribution in [-0.4, -0.2) is 22.0 Å². The molecule has 1 unspecified atom stereocenters. The van der Waals surface area contributed by atoms with Crippen molar-refractivity contribution >= 4 is 21.9 Å². The third-order valence-electron chi connectivity index (χ3n) is 3.18. The monoisotopic (exact) mass is 320 g/mol. The molecule has 0 saturated heterocycles. The number of halogens is 1. The van der Waals surface area contributed by atoms with Gasteiger partial charge in [0.2, 0.25) is 0 Å². The van der Waals surface area contributed by atoms with Gasteiger partial charge in [-0.2, -0.15) is 0 Å². The molecule has 2 aromatic carbocycles. The van der Waals surface area contributed by atoms with Crippen molar-refractivity contribution in [2.45, 2.75) is 5.92 Å². The van der Waals surface area contributed by atoms with Crippen LogP contribution in [0.2, 0.25) is 0 Å². The SMILES string of the molecule is CBr.O=C(O)C1c2ccccc2-c2cccc(O)c21. The number of alkyl halides is 1. The van der Waals surface area contributed by atoms with Crippen LogP contribution in [-0.2, 0) is 4.79 Å². The van der Waals surface area contributed by atoms with E-state index >= 15 is 0 Å². The molecule has 2 aromatic rings. The van der Waals surface area contributed by atoms with Gasteiger partial charge in [-0.1, -0.05) is 52.3 Å². The number of phenols is 1. The Hall–Kier alpha value is -1.81. The Morgan fingerprint density at radius 2 is 1.68 bits per heavy atom. The van der Waals surface area contributed by atoms with Crippen LogP contribution in [0.25, 0.3) is 11.1 Å². The van der Waals surface area contributed by atoms with Gasteiger partial charge in [0.15, 0.2) is 0 Å². The molecular formula is C15H13BrO3. The molecule has 3 nitrogen and oxygen atoms in total. The zero-order chi connectivity index (χ0) is 14.0. The number of carboxylic acids is 1. The molecule has 0 heterocycles. The Kier molecular flexibility index (Phi) is 3.90. The first kappa shape index (κ1) is 13.6. The van der Waals surface area contributed by atoms with E-state index in [2.05, 4.69) is 15.9 Å². The van der Waals surface area contributed by atoms with Gasteiger partial charge in [-0.3, -0.25) is 4.79 Å². The van der Waals surface area contributed by atoms with Crippen molar-refractivity contribution < 1.29 is 15.0 Å². The lowest BCUT2D eigenvalue weighted by molar-refractivity contribution is -0.137. The number of aromatic hydroxyl groups is 1. The lowest BCUT2D eigenvalue weighted by atomic mass is 9.96. The van der Waals surface area contributed by atoms with Crippen LogP contribution in [0.4, 0.5) is 0 Å². The van der Waals surface area contributed by atoms with Crippen molar-refractivity contribution in [1.82, 2.24) is 0 Å². The number of fused-ring (bicyclic) bond motifs is 3. The van der Waals surface area contributed by atoms with Gasteiger partial charge >= 0.3 is 5.97 Å². The molecular weight excluding hydrogens is 308 g/mol. The van der Waals surface area contributed by atoms with Crippen molar-refractivity contribution in [3.8, 4) is 16.9 Å². The Morgan fingerprint density at radius 1 is 1.05 bits per heavy atom. The van der Waals surface area contributed by atoms with E-state index < -0.39 is 11.9 Å². The van der Waals surface area contributed by atoms with Gasteiger partial charge in [0.25, 0.3) is 0 Å². The minimum atomic E-state index is -0.933. The van der Waals surface area contributed by atoms with Crippen molar-refractivity contribution in [3.63, 3.8) is 0 Å². The normalized spacial score (nSPS) is 14.9. The summed E-state index contributed by atoms with van der Waals surface area (Å²) in [6, 6.07) is 12.5. The summed E-state index contributed by atoms with van der Waals surface area (Å²) in [5, 5.41) is 19.2. The molecule has 1 aliphatic carbocycles. The molecule has 1 atom stereocenters. The second-order valence-corrected chi connectivity index (χ2v) is 4.10. The van der Waals surface area contributed by atoms with E-state index in [0.717, 1.165) is 16.7 Å². The predicted molar refractivity (Wildman–Crippen MR) is 77.9 cm³/mol. The first-order valence-corrected chi connectivity index (χ1v) is 7.30. The summed E-state index contributed by atoms with van der Waals surface area (Å²) >= 11 is 2.94. The van der Waals surface area contributed by atoms with E-state index in [1.54, 1.807) is 12.1 Å². The summed E-state index contributed by atoms with van der Waals surface area (Å²) in [5.41, 5.74) is 2.96. The minimum absolute atomic E-state index is 0.0473. The van der Waals surface area contributed by atoms with Crippen LogP contribution in [0.5, 0.6) is 5.75 Å². The Balaban J connectivity index is 0.000000637. The predicted octanol–water partition coefficient (Wildman–Crippen LogP) is 3.60. The van der Waals surface area contributed by atoms with Crippen molar-refractivity contribution in [1.29, 1.82) is 0 Å². The largest absolute Gasteiger partial charge is 0.508 e. The fourth-order valence-electron chi connectivity index (χ4n) is 2.50. The van der Waals surface area contributed by atoms with Gasteiger partial charge in [0.1, 0.15) is 11.7 Å². The van der Waals surface area contributed by atoms with Gasteiger partial charge in [-0.25, -0.2) is 0 Å². The average molecular weight is 321 g/mol. The molecule has 0 amide bonds. The molecule has 0 fully saturated rings. The molecule has 4 heteroatoms. The lowest BCUT2D eigenvalue weighted by Crippen LogP contribution is -2.10. The number of aliphatic carboxylic acids is 1. The van der Waals surface area contributed by atoms with Crippen LogP contribution in [0.3, 0.4) is 0 Å². The maximum absolute atomic E-state index is 11.4. The fourth-order valence-corrected chi connectivity index (χ4v) is 2.50. The molecule has 98 valence electrons. The van der Waals surface area contributed by atoms with Crippen LogP contribution in [0, 0.1) is 0 Å². The number of phenolic OH excluding ortho intramolecular Hbond substituents is 1. The summed E-state index contributed by atoms with van der Waals surface area (Å²) in [4.78, 5) is 11.4. The summed E-state index contributed by atoms with van der Waals surface area (Å²) in [6.07, 6.45) is 0. The van der Waals surface area contributed by atoms with Gasteiger partial charge < -0.3 is 10.2 Å². The molecule has 0 aromatic heterocycles. The highest BCUT2D eigenvalue weighted by Crippen LogP contribution is 2.48. The minimum Gasteiger partial charge on any atom is -0.508 e. The molecule has 2 N–H and O–H groups in total. The zero-order valence-electron chi connectivity index (χ0n) is 10.3. The van der Waals surface area contributed by atoms with E-state index in [4.69, 9.17) is 0 Å². The number of hydrogen-bond donors (Lipinski definition) is 2. The number of carbonyl (C=O) groups is 1. The molecule has 0 spiro atoms. The molecule has 0 aliphatic heterocycles. The zero-order valence-corrected chi connectivity index (χ0v) is 11.9. The third kappa shape index (κ3) is 2.12.